The van der Waals surface area contributed by atoms with Gasteiger partial charge in [-0.25, -0.2) is 0 Å². The molecule has 1 fully saturated rings. The lowest BCUT2D eigenvalue weighted by atomic mass is 10.2. The summed E-state index contributed by atoms with van der Waals surface area (Å²) >= 11 is 0. The van der Waals surface area contributed by atoms with E-state index in [9.17, 15) is 0 Å². The van der Waals surface area contributed by atoms with Crippen LogP contribution in [0.3, 0.4) is 0 Å². The topological polar surface area (TPSA) is 0 Å². The molecule has 1 aliphatic carbocycles. The second-order valence-corrected chi connectivity index (χ2v) is 5.37. The molecule has 1 rings (SSSR count). The monoisotopic (exact) mass is 172 g/mol. The molecule has 66 valence electrons. The summed E-state index contributed by atoms with van der Waals surface area (Å²) in [5.41, 5.74) is 1.18. The van der Waals surface area contributed by atoms with Crippen LogP contribution < -0.4 is 0 Å². The Morgan fingerprint density at radius 1 is 1.09 bits per heavy atom. The van der Waals surface area contributed by atoms with Crippen LogP contribution in [0.4, 0.5) is 0 Å². The molecule has 0 aromatic rings. The maximum atomic E-state index is 2.28. The van der Waals surface area contributed by atoms with Crippen molar-refractivity contribution in [3.05, 3.63) is 0 Å². The van der Waals surface area contributed by atoms with Crippen molar-refractivity contribution in [3.63, 3.8) is 0 Å². The average Bonchev–Trinajstić information content (AvgIpc) is 2.80. The molecule has 1 saturated carbocycles. The van der Waals surface area contributed by atoms with E-state index in [0.717, 1.165) is 0 Å². The first-order valence-corrected chi connectivity index (χ1v) is 6.45. The third-order valence-corrected chi connectivity index (χ3v) is 4.09. The predicted octanol–water partition coefficient (Wildman–Crippen LogP) is 3.80. The summed E-state index contributed by atoms with van der Waals surface area (Å²) in [6.45, 7) is 2.28. The second kappa shape index (κ2) is 6.00. The van der Waals surface area contributed by atoms with Gasteiger partial charge < -0.3 is 0 Å². The Morgan fingerprint density at radius 3 is 2.45 bits per heavy atom. The van der Waals surface area contributed by atoms with Crippen LogP contribution in [0.5, 0.6) is 0 Å². The minimum Gasteiger partial charge on any atom is -0.119 e. The Balaban J connectivity index is 1.66. The number of hydrogen-bond donors (Lipinski definition) is 0. The summed E-state index contributed by atoms with van der Waals surface area (Å²) in [6.07, 6.45) is 11.9. The van der Waals surface area contributed by atoms with E-state index in [1.54, 1.807) is 12.8 Å². The zero-order chi connectivity index (χ0) is 7.94. The molecule has 0 aromatic heterocycles. The molecule has 0 spiro atoms. The van der Waals surface area contributed by atoms with Crippen molar-refractivity contribution in [2.75, 3.05) is 6.16 Å². The lowest BCUT2D eigenvalue weighted by Gasteiger charge is -1.98. The van der Waals surface area contributed by atoms with Gasteiger partial charge in [-0.2, -0.15) is 0 Å². The van der Waals surface area contributed by atoms with Gasteiger partial charge >= 0.3 is 0 Å². The zero-order valence-corrected chi connectivity index (χ0v) is 8.73. The number of hydrogen-bond acceptors (Lipinski definition) is 0. The van der Waals surface area contributed by atoms with Gasteiger partial charge in [-0.05, 0) is 31.1 Å². The molecule has 0 radical (unpaired) electrons. The largest absolute Gasteiger partial charge is 0.119 e. The molecule has 0 N–H and O–H groups in total. The van der Waals surface area contributed by atoms with Crippen molar-refractivity contribution >= 4 is 8.58 Å². The minimum absolute atomic E-state index is 1.18. The molecule has 1 atom stereocenters. The van der Waals surface area contributed by atoms with Crippen LogP contribution in [-0.4, -0.2) is 11.8 Å². The third kappa shape index (κ3) is 5.67. The lowest BCUT2D eigenvalue weighted by molar-refractivity contribution is 0.659. The number of unbranched alkanes of at least 4 members (excludes halogenated alkanes) is 4. The van der Waals surface area contributed by atoms with Crippen LogP contribution in [0.2, 0.25) is 0 Å². The predicted molar refractivity (Wildman–Crippen MR) is 55.0 cm³/mol. The van der Waals surface area contributed by atoms with E-state index in [-0.39, 0.29) is 0 Å². The van der Waals surface area contributed by atoms with E-state index in [1.165, 1.54) is 52.5 Å². The van der Waals surface area contributed by atoms with Crippen LogP contribution >= 0.6 is 8.58 Å². The van der Waals surface area contributed by atoms with Crippen molar-refractivity contribution in [1.29, 1.82) is 0 Å². The van der Waals surface area contributed by atoms with E-state index in [0.29, 0.717) is 0 Å². The van der Waals surface area contributed by atoms with Crippen LogP contribution in [0.15, 0.2) is 0 Å². The standard InChI is InChI=1S/C10H21P/c1-2-3-4-5-6-9-11-10-7-8-10/h10-11H,2-9H2,1H3. The quantitative estimate of drug-likeness (QED) is 0.405. The molecule has 1 aliphatic rings. The Morgan fingerprint density at radius 2 is 1.82 bits per heavy atom. The first-order valence-electron chi connectivity index (χ1n) is 5.17. The maximum Gasteiger partial charge on any atom is -0.0236 e. The molecule has 0 heterocycles. The summed E-state index contributed by atoms with van der Waals surface area (Å²) in [5.74, 6) is 0. The van der Waals surface area contributed by atoms with Crippen molar-refractivity contribution in [3.8, 4) is 0 Å². The van der Waals surface area contributed by atoms with E-state index >= 15 is 0 Å². The van der Waals surface area contributed by atoms with Crippen molar-refractivity contribution in [2.45, 2.75) is 57.5 Å². The van der Waals surface area contributed by atoms with Crippen LogP contribution in [0, 0.1) is 0 Å². The molecule has 0 aliphatic heterocycles. The van der Waals surface area contributed by atoms with E-state index in [1.807, 2.05) is 0 Å². The Kier molecular flexibility index (Phi) is 5.19. The highest BCUT2D eigenvalue weighted by Gasteiger charge is 2.19. The molecule has 0 nitrogen and oxygen atoms in total. The average molecular weight is 172 g/mol. The van der Waals surface area contributed by atoms with Gasteiger partial charge in [-0.15, -0.1) is 8.58 Å². The summed E-state index contributed by atoms with van der Waals surface area (Å²) < 4.78 is 0. The second-order valence-electron chi connectivity index (χ2n) is 3.64. The molecular formula is C10H21P. The fourth-order valence-electron chi connectivity index (χ4n) is 1.32. The Bertz CT molecular complexity index is 86.9. The van der Waals surface area contributed by atoms with Gasteiger partial charge in [0, 0.05) is 0 Å². The summed E-state index contributed by atoms with van der Waals surface area (Å²) in [4.78, 5) is 0. The van der Waals surface area contributed by atoms with Crippen molar-refractivity contribution < 1.29 is 0 Å². The summed E-state index contributed by atoms with van der Waals surface area (Å²) in [5, 5.41) is 0. The molecule has 0 amide bonds. The van der Waals surface area contributed by atoms with Gasteiger partial charge in [0.1, 0.15) is 0 Å². The Labute approximate surface area is 72.9 Å². The van der Waals surface area contributed by atoms with Crippen LogP contribution in [0.25, 0.3) is 0 Å². The highest BCUT2D eigenvalue weighted by Crippen LogP contribution is 2.39. The molecule has 0 aromatic carbocycles. The van der Waals surface area contributed by atoms with Gasteiger partial charge in [0.25, 0.3) is 0 Å². The Hall–Kier alpha value is 0.430. The maximum absolute atomic E-state index is 2.28. The summed E-state index contributed by atoms with van der Waals surface area (Å²) in [7, 11) is 1.31. The van der Waals surface area contributed by atoms with Crippen molar-refractivity contribution in [2.24, 2.45) is 0 Å². The van der Waals surface area contributed by atoms with E-state index < -0.39 is 0 Å². The molecule has 0 bridgehead atoms. The van der Waals surface area contributed by atoms with Gasteiger partial charge in [-0.3, -0.25) is 0 Å². The smallest absolute Gasteiger partial charge is 0.0236 e. The van der Waals surface area contributed by atoms with Gasteiger partial charge in [0.15, 0.2) is 0 Å². The van der Waals surface area contributed by atoms with Gasteiger partial charge in [-0.1, -0.05) is 32.6 Å². The van der Waals surface area contributed by atoms with E-state index in [4.69, 9.17) is 0 Å². The minimum atomic E-state index is 1.18. The normalized spacial score (nSPS) is 18.3. The van der Waals surface area contributed by atoms with Gasteiger partial charge in [0.2, 0.25) is 0 Å². The summed E-state index contributed by atoms with van der Waals surface area (Å²) in [6, 6.07) is 0. The SMILES string of the molecule is CCCCCCCPC1CC1. The lowest BCUT2D eigenvalue weighted by Crippen LogP contribution is -1.81. The van der Waals surface area contributed by atoms with Crippen LogP contribution in [0.1, 0.15) is 51.9 Å². The first-order chi connectivity index (χ1) is 5.43. The first kappa shape index (κ1) is 9.52. The van der Waals surface area contributed by atoms with Gasteiger partial charge in [0.05, 0.1) is 0 Å². The molecular weight excluding hydrogens is 151 g/mol. The molecule has 1 unspecified atom stereocenters. The highest BCUT2D eigenvalue weighted by atomic mass is 31.1. The van der Waals surface area contributed by atoms with Crippen molar-refractivity contribution in [1.82, 2.24) is 0 Å². The fraction of sp³-hybridized carbons (Fsp3) is 1.00. The molecule has 0 saturated heterocycles. The number of rotatable bonds is 7. The van der Waals surface area contributed by atoms with Crippen LogP contribution in [-0.2, 0) is 0 Å². The third-order valence-electron chi connectivity index (χ3n) is 2.29. The molecule has 11 heavy (non-hydrogen) atoms. The fourth-order valence-corrected chi connectivity index (χ4v) is 2.76. The van der Waals surface area contributed by atoms with E-state index in [2.05, 4.69) is 6.92 Å². The highest BCUT2D eigenvalue weighted by molar-refractivity contribution is 7.39. The zero-order valence-electron chi connectivity index (χ0n) is 7.73. The molecule has 1 heteroatoms.